The average molecular weight is 271 g/mol. The van der Waals surface area contributed by atoms with Gasteiger partial charge in [0, 0.05) is 31.2 Å². The second-order valence-corrected chi connectivity index (χ2v) is 4.40. The number of nitrogens with zero attached hydrogens (tertiary/aromatic N) is 3. The van der Waals surface area contributed by atoms with Crippen molar-refractivity contribution in [3.8, 4) is 22.4 Å². The van der Waals surface area contributed by atoms with Gasteiger partial charge in [-0.25, -0.2) is 8.78 Å². The Kier molecular flexibility index (Phi) is 3.02. The second kappa shape index (κ2) is 4.85. The second-order valence-electron chi connectivity index (χ2n) is 4.40. The van der Waals surface area contributed by atoms with Gasteiger partial charge >= 0.3 is 0 Å². The molecule has 0 amide bonds. The minimum atomic E-state index is -0.626. The SMILES string of the molecule is Cn1cc(-c2ccncc2)c(-c2c(F)cccc2F)n1. The predicted octanol–water partition coefficient (Wildman–Crippen LogP) is 3.43. The van der Waals surface area contributed by atoms with Crippen LogP contribution in [0.1, 0.15) is 0 Å². The van der Waals surface area contributed by atoms with E-state index < -0.39 is 11.6 Å². The summed E-state index contributed by atoms with van der Waals surface area (Å²) in [6.07, 6.45) is 4.99. The van der Waals surface area contributed by atoms with E-state index in [9.17, 15) is 8.78 Å². The molecule has 3 rings (SSSR count). The molecular formula is C15H11F2N3. The lowest BCUT2D eigenvalue weighted by Crippen LogP contribution is -1.93. The van der Waals surface area contributed by atoms with Crippen molar-refractivity contribution in [1.82, 2.24) is 14.8 Å². The molecule has 5 heteroatoms. The van der Waals surface area contributed by atoms with E-state index in [-0.39, 0.29) is 11.3 Å². The third-order valence-electron chi connectivity index (χ3n) is 3.02. The molecule has 2 aromatic heterocycles. The van der Waals surface area contributed by atoms with E-state index in [1.54, 1.807) is 37.8 Å². The summed E-state index contributed by atoms with van der Waals surface area (Å²) in [6.45, 7) is 0. The van der Waals surface area contributed by atoms with E-state index in [2.05, 4.69) is 10.1 Å². The molecular weight excluding hydrogens is 260 g/mol. The van der Waals surface area contributed by atoms with Crippen molar-refractivity contribution >= 4 is 0 Å². The molecule has 0 radical (unpaired) electrons. The van der Waals surface area contributed by atoms with Crippen LogP contribution in [0.3, 0.4) is 0 Å². The van der Waals surface area contributed by atoms with Crippen LogP contribution in [0.4, 0.5) is 8.78 Å². The molecule has 0 unspecified atom stereocenters. The Morgan fingerprint density at radius 3 is 2.30 bits per heavy atom. The molecule has 0 saturated carbocycles. The molecule has 0 aliphatic carbocycles. The first kappa shape index (κ1) is 12.5. The third kappa shape index (κ3) is 2.07. The van der Waals surface area contributed by atoms with Crippen LogP contribution in [0, 0.1) is 11.6 Å². The highest BCUT2D eigenvalue weighted by atomic mass is 19.1. The third-order valence-corrected chi connectivity index (χ3v) is 3.02. The summed E-state index contributed by atoms with van der Waals surface area (Å²) in [5, 5.41) is 4.20. The minimum Gasteiger partial charge on any atom is -0.275 e. The predicted molar refractivity (Wildman–Crippen MR) is 71.8 cm³/mol. The van der Waals surface area contributed by atoms with Gasteiger partial charge in [0.05, 0.1) is 5.56 Å². The largest absolute Gasteiger partial charge is 0.275 e. The van der Waals surface area contributed by atoms with E-state index in [0.29, 0.717) is 5.56 Å². The van der Waals surface area contributed by atoms with Gasteiger partial charge in [-0.15, -0.1) is 0 Å². The lowest BCUT2D eigenvalue weighted by Gasteiger charge is -2.05. The van der Waals surface area contributed by atoms with Gasteiger partial charge in [0.25, 0.3) is 0 Å². The summed E-state index contributed by atoms with van der Waals surface area (Å²) in [6, 6.07) is 7.34. The molecule has 20 heavy (non-hydrogen) atoms. The number of aryl methyl sites for hydroxylation is 1. The monoisotopic (exact) mass is 271 g/mol. The molecule has 2 heterocycles. The standard InChI is InChI=1S/C15H11F2N3/c1-20-9-11(10-5-7-18-8-6-10)15(19-20)14-12(16)3-2-4-13(14)17/h2-9H,1H3. The van der Waals surface area contributed by atoms with E-state index in [0.717, 1.165) is 5.56 Å². The molecule has 1 aromatic carbocycles. The fourth-order valence-corrected chi connectivity index (χ4v) is 2.14. The molecule has 3 aromatic rings. The van der Waals surface area contributed by atoms with Crippen molar-refractivity contribution in [1.29, 1.82) is 0 Å². The highest BCUT2D eigenvalue weighted by molar-refractivity contribution is 5.80. The summed E-state index contributed by atoms with van der Waals surface area (Å²) in [5.74, 6) is -1.25. The molecule has 0 saturated heterocycles. The summed E-state index contributed by atoms with van der Waals surface area (Å²) in [7, 11) is 1.72. The summed E-state index contributed by atoms with van der Waals surface area (Å²) < 4.78 is 29.4. The van der Waals surface area contributed by atoms with Gasteiger partial charge < -0.3 is 0 Å². The molecule has 0 fully saturated rings. The normalized spacial score (nSPS) is 10.8. The van der Waals surface area contributed by atoms with Gasteiger partial charge in [-0.3, -0.25) is 9.67 Å². The Balaban J connectivity index is 2.26. The van der Waals surface area contributed by atoms with E-state index in [1.165, 1.54) is 22.9 Å². The Bertz CT molecular complexity index is 731. The number of rotatable bonds is 2. The van der Waals surface area contributed by atoms with Crippen molar-refractivity contribution in [3.05, 3.63) is 60.6 Å². The first-order chi connectivity index (χ1) is 9.66. The first-order valence-corrected chi connectivity index (χ1v) is 6.05. The van der Waals surface area contributed by atoms with E-state index in [1.807, 2.05) is 0 Å². The zero-order chi connectivity index (χ0) is 14.1. The number of aromatic nitrogens is 3. The minimum absolute atomic E-state index is 0.111. The van der Waals surface area contributed by atoms with Crippen LogP contribution in [0.2, 0.25) is 0 Å². The van der Waals surface area contributed by atoms with Crippen LogP contribution in [-0.2, 0) is 7.05 Å². The lowest BCUT2D eigenvalue weighted by atomic mass is 10.0. The van der Waals surface area contributed by atoms with Crippen LogP contribution in [0.15, 0.2) is 48.9 Å². The van der Waals surface area contributed by atoms with Crippen LogP contribution in [-0.4, -0.2) is 14.8 Å². The number of hydrogen-bond donors (Lipinski definition) is 0. The lowest BCUT2D eigenvalue weighted by molar-refractivity contribution is 0.588. The van der Waals surface area contributed by atoms with Gasteiger partial charge in [-0.2, -0.15) is 5.10 Å². The van der Waals surface area contributed by atoms with Crippen LogP contribution < -0.4 is 0 Å². The van der Waals surface area contributed by atoms with E-state index in [4.69, 9.17) is 0 Å². The van der Waals surface area contributed by atoms with Gasteiger partial charge in [-0.1, -0.05) is 6.07 Å². The summed E-state index contributed by atoms with van der Waals surface area (Å²) in [4.78, 5) is 3.94. The molecule has 0 bridgehead atoms. The Labute approximate surface area is 114 Å². The Morgan fingerprint density at radius 1 is 1.00 bits per heavy atom. The zero-order valence-electron chi connectivity index (χ0n) is 10.7. The topological polar surface area (TPSA) is 30.7 Å². The molecule has 0 N–H and O–H groups in total. The fraction of sp³-hybridized carbons (Fsp3) is 0.0667. The average Bonchev–Trinajstić information content (AvgIpc) is 2.81. The fourth-order valence-electron chi connectivity index (χ4n) is 2.14. The summed E-state index contributed by atoms with van der Waals surface area (Å²) >= 11 is 0. The highest BCUT2D eigenvalue weighted by Crippen LogP contribution is 2.33. The van der Waals surface area contributed by atoms with Crippen LogP contribution >= 0.6 is 0 Å². The van der Waals surface area contributed by atoms with Crippen LogP contribution in [0.5, 0.6) is 0 Å². The molecule has 0 spiro atoms. The van der Waals surface area contributed by atoms with Gasteiger partial charge in [-0.05, 0) is 29.8 Å². The smallest absolute Gasteiger partial charge is 0.135 e. The van der Waals surface area contributed by atoms with E-state index >= 15 is 0 Å². The molecule has 0 atom stereocenters. The van der Waals surface area contributed by atoms with Gasteiger partial charge in [0.15, 0.2) is 0 Å². The maximum Gasteiger partial charge on any atom is 0.135 e. The molecule has 0 aliphatic rings. The van der Waals surface area contributed by atoms with Gasteiger partial charge in [0.2, 0.25) is 0 Å². The van der Waals surface area contributed by atoms with Gasteiger partial charge in [0.1, 0.15) is 17.3 Å². The quantitative estimate of drug-likeness (QED) is 0.715. The Hall–Kier alpha value is -2.56. The van der Waals surface area contributed by atoms with Crippen molar-refractivity contribution in [2.24, 2.45) is 7.05 Å². The zero-order valence-corrected chi connectivity index (χ0v) is 10.7. The maximum atomic E-state index is 13.9. The molecule has 100 valence electrons. The molecule has 0 aliphatic heterocycles. The number of benzene rings is 1. The Morgan fingerprint density at radius 2 is 1.65 bits per heavy atom. The highest BCUT2D eigenvalue weighted by Gasteiger charge is 2.19. The van der Waals surface area contributed by atoms with Crippen molar-refractivity contribution in [2.75, 3.05) is 0 Å². The van der Waals surface area contributed by atoms with Crippen molar-refractivity contribution in [2.45, 2.75) is 0 Å². The molecule has 3 nitrogen and oxygen atoms in total. The maximum absolute atomic E-state index is 13.9. The number of hydrogen-bond acceptors (Lipinski definition) is 2. The first-order valence-electron chi connectivity index (χ1n) is 6.05. The number of pyridine rings is 1. The number of halogens is 2. The van der Waals surface area contributed by atoms with Crippen LogP contribution in [0.25, 0.3) is 22.4 Å². The van der Waals surface area contributed by atoms with Crippen molar-refractivity contribution < 1.29 is 8.78 Å². The summed E-state index contributed by atoms with van der Waals surface area (Å²) in [5.41, 5.74) is 1.65. The van der Waals surface area contributed by atoms with Crippen molar-refractivity contribution in [3.63, 3.8) is 0 Å².